The molecule has 0 aliphatic heterocycles. The molecule has 0 aliphatic rings. The Bertz CT molecular complexity index is 719. The van der Waals surface area contributed by atoms with Gasteiger partial charge in [0, 0.05) is 24.8 Å². The fourth-order valence-corrected chi connectivity index (χ4v) is 2.78. The minimum Gasteiger partial charge on any atom is -0.384 e. The SMILES string of the molecule is Cc1cc(C(=O)NCc2cnn(C)c2C)sc1C#CCO. The number of amides is 1. The molecule has 0 bridgehead atoms. The van der Waals surface area contributed by atoms with Gasteiger partial charge in [0.25, 0.3) is 5.91 Å². The zero-order valence-electron chi connectivity index (χ0n) is 12.2. The van der Waals surface area contributed by atoms with Gasteiger partial charge in [0.15, 0.2) is 0 Å². The fourth-order valence-electron chi connectivity index (χ4n) is 1.82. The highest BCUT2D eigenvalue weighted by molar-refractivity contribution is 7.14. The number of aromatic nitrogens is 2. The van der Waals surface area contributed by atoms with Crippen molar-refractivity contribution in [3.8, 4) is 11.8 Å². The van der Waals surface area contributed by atoms with E-state index in [0.717, 1.165) is 21.7 Å². The highest BCUT2D eigenvalue weighted by atomic mass is 32.1. The molecule has 110 valence electrons. The Hall–Kier alpha value is -2.10. The Morgan fingerprint density at radius 2 is 2.29 bits per heavy atom. The van der Waals surface area contributed by atoms with E-state index in [-0.39, 0.29) is 12.5 Å². The Labute approximate surface area is 127 Å². The summed E-state index contributed by atoms with van der Waals surface area (Å²) in [5.74, 6) is 5.33. The predicted molar refractivity (Wildman–Crippen MR) is 82.1 cm³/mol. The van der Waals surface area contributed by atoms with Crippen LogP contribution in [0.15, 0.2) is 12.3 Å². The van der Waals surface area contributed by atoms with Crippen LogP contribution in [0, 0.1) is 25.7 Å². The van der Waals surface area contributed by atoms with Gasteiger partial charge in [0.1, 0.15) is 6.61 Å². The lowest BCUT2D eigenvalue weighted by Gasteiger charge is -2.03. The van der Waals surface area contributed by atoms with E-state index in [4.69, 9.17) is 5.11 Å². The highest BCUT2D eigenvalue weighted by Gasteiger charge is 2.12. The number of hydrogen-bond donors (Lipinski definition) is 2. The molecule has 21 heavy (non-hydrogen) atoms. The second kappa shape index (κ2) is 6.57. The lowest BCUT2D eigenvalue weighted by atomic mass is 10.2. The number of carbonyl (C=O) groups is 1. The van der Waals surface area contributed by atoms with Crippen LogP contribution in [0.2, 0.25) is 0 Å². The highest BCUT2D eigenvalue weighted by Crippen LogP contribution is 2.21. The molecule has 0 fully saturated rings. The largest absolute Gasteiger partial charge is 0.384 e. The number of aryl methyl sites for hydroxylation is 2. The molecule has 0 atom stereocenters. The summed E-state index contributed by atoms with van der Waals surface area (Å²) in [4.78, 5) is 13.6. The Morgan fingerprint density at radius 3 is 2.90 bits per heavy atom. The summed E-state index contributed by atoms with van der Waals surface area (Å²) in [5.41, 5.74) is 2.98. The van der Waals surface area contributed by atoms with Crippen molar-refractivity contribution < 1.29 is 9.90 Å². The fraction of sp³-hybridized carbons (Fsp3) is 0.333. The van der Waals surface area contributed by atoms with Gasteiger partial charge in [0.2, 0.25) is 0 Å². The Morgan fingerprint density at radius 1 is 1.52 bits per heavy atom. The maximum Gasteiger partial charge on any atom is 0.261 e. The lowest BCUT2D eigenvalue weighted by Crippen LogP contribution is -2.22. The number of aliphatic hydroxyl groups is 1. The van der Waals surface area contributed by atoms with Crippen molar-refractivity contribution in [3.63, 3.8) is 0 Å². The first kappa shape index (κ1) is 15.3. The molecule has 0 aliphatic carbocycles. The molecule has 2 rings (SSSR count). The predicted octanol–water partition coefficient (Wildman–Crippen LogP) is 1.37. The molecule has 2 aromatic heterocycles. The van der Waals surface area contributed by atoms with E-state index in [9.17, 15) is 4.79 Å². The topological polar surface area (TPSA) is 67.2 Å². The van der Waals surface area contributed by atoms with Gasteiger partial charge < -0.3 is 10.4 Å². The van der Waals surface area contributed by atoms with Crippen molar-refractivity contribution in [2.24, 2.45) is 7.05 Å². The van der Waals surface area contributed by atoms with E-state index in [1.807, 2.05) is 27.0 Å². The molecule has 0 aromatic carbocycles. The van der Waals surface area contributed by atoms with E-state index in [1.165, 1.54) is 11.3 Å². The van der Waals surface area contributed by atoms with Crippen LogP contribution in [0.1, 0.15) is 31.4 Å². The molecular formula is C15H17N3O2S. The number of carbonyl (C=O) groups excluding carboxylic acids is 1. The zero-order chi connectivity index (χ0) is 15.4. The van der Waals surface area contributed by atoms with Gasteiger partial charge >= 0.3 is 0 Å². The number of nitrogens with one attached hydrogen (secondary N) is 1. The van der Waals surface area contributed by atoms with E-state index >= 15 is 0 Å². The van der Waals surface area contributed by atoms with E-state index in [1.54, 1.807) is 10.9 Å². The molecule has 2 aromatic rings. The number of aliphatic hydroxyl groups excluding tert-OH is 1. The number of thiophene rings is 1. The lowest BCUT2D eigenvalue weighted by molar-refractivity contribution is 0.0955. The maximum atomic E-state index is 12.1. The van der Waals surface area contributed by atoms with Crippen LogP contribution in [-0.2, 0) is 13.6 Å². The van der Waals surface area contributed by atoms with Crippen molar-refractivity contribution in [2.45, 2.75) is 20.4 Å². The normalized spacial score (nSPS) is 10.1. The van der Waals surface area contributed by atoms with Gasteiger partial charge in [-0.3, -0.25) is 9.48 Å². The number of rotatable bonds is 3. The van der Waals surface area contributed by atoms with Crippen LogP contribution < -0.4 is 5.32 Å². The van der Waals surface area contributed by atoms with Gasteiger partial charge in [-0.15, -0.1) is 11.3 Å². The van der Waals surface area contributed by atoms with E-state index in [2.05, 4.69) is 22.3 Å². The summed E-state index contributed by atoms with van der Waals surface area (Å²) in [6.07, 6.45) is 1.76. The molecular weight excluding hydrogens is 286 g/mol. The van der Waals surface area contributed by atoms with Gasteiger partial charge in [-0.1, -0.05) is 11.8 Å². The van der Waals surface area contributed by atoms with Gasteiger partial charge in [-0.05, 0) is 25.5 Å². The van der Waals surface area contributed by atoms with Crippen LogP contribution in [0.4, 0.5) is 0 Å². The maximum absolute atomic E-state index is 12.1. The molecule has 0 radical (unpaired) electrons. The summed E-state index contributed by atoms with van der Waals surface area (Å²) in [7, 11) is 1.87. The second-order valence-corrected chi connectivity index (χ2v) is 5.70. The summed E-state index contributed by atoms with van der Waals surface area (Å²) in [5, 5.41) is 15.7. The second-order valence-electron chi connectivity index (χ2n) is 4.64. The molecule has 0 spiro atoms. The molecule has 5 nitrogen and oxygen atoms in total. The smallest absolute Gasteiger partial charge is 0.261 e. The Balaban J connectivity index is 2.05. The average molecular weight is 303 g/mol. The molecule has 6 heteroatoms. The zero-order valence-corrected chi connectivity index (χ0v) is 13.0. The summed E-state index contributed by atoms with van der Waals surface area (Å²) >= 11 is 1.33. The quantitative estimate of drug-likeness (QED) is 0.842. The van der Waals surface area contributed by atoms with E-state index < -0.39 is 0 Å². The monoisotopic (exact) mass is 303 g/mol. The van der Waals surface area contributed by atoms with Crippen molar-refractivity contribution >= 4 is 17.2 Å². The molecule has 0 unspecified atom stereocenters. The van der Waals surface area contributed by atoms with Crippen LogP contribution in [-0.4, -0.2) is 27.4 Å². The van der Waals surface area contributed by atoms with Crippen molar-refractivity contribution in [1.82, 2.24) is 15.1 Å². The molecule has 2 N–H and O–H groups in total. The van der Waals surface area contributed by atoms with Gasteiger partial charge in [-0.2, -0.15) is 5.10 Å². The van der Waals surface area contributed by atoms with E-state index in [0.29, 0.717) is 11.4 Å². The minimum atomic E-state index is -0.181. The average Bonchev–Trinajstić information content (AvgIpc) is 2.99. The third-order valence-electron chi connectivity index (χ3n) is 3.20. The standard InChI is InChI=1S/C15H17N3O2S/c1-10-7-14(21-13(10)5-4-6-19)15(20)16-8-12-9-17-18(3)11(12)2/h7,9,19H,6,8H2,1-3H3,(H,16,20). The van der Waals surface area contributed by atoms with Crippen LogP contribution in [0.3, 0.4) is 0 Å². The third-order valence-corrected chi connectivity index (χ3v) is 4.35. The summed E-state index contributed by atoms with van der Waals surface area (Å²) in [6.45, 7) is 4.14. The summed E-state index contributed by atoms with van der Waals surface area (Å²) in [6, 6.07) is 1.82. The van der Waals surface area contributed by atoms with Crippen molar-refractivity contribution in [1.29, 1.82) is 0 Å². The van der Waals surface area contributed by atoms with Crippen LogP contribution in [0.25, 0.3) is 0 Å². The van der Waals surface area contributed by atoms with Gasteiger partial charge in [0.05, 0.1) is 16.0 Å². The Kier molecular flexibility index (Phi) is 4.78. The summed E-state index contributed by atoms with van der Waals surface area (Å²) < 4.78 is 1.78. The third kappa shape index (κ3) is 3.51. The molecule has 0 saturated heterocycles. The minimum absolute atomic E-state index is 0.122. The van der Waals surface area contributed by atoms with Crippen molar-refractivity contribution in [3.05, 3.63) is 38.8 Å². The molecule has 0 saturated carbocycles. The molecule has 2 heterocycles. The molecule has 1 amide bonds. The van der Waals surface area contributed by atoms with Crippen molar-refractivity contribution in [2.75, 3.05) is 6.61 Å². The van der Waals surface area contributed by atoms with Gasteiger partial charge in [-0.25, -0.2) is 0 Å². The van der Waals surface area contributed by atoms with Crippen LogP contribution >= 0.6 is 11.3 Å². The first-order valence-corrected chi connectivity index (χ1v) is 7.30. The van der Waals surface area contributed by atoms with Crippen LogP contribution in [0.5, 0.6) is 0 Å². The first-order chi connectivity index (χ1) is 10.0. The first-order valence-electron chi connectivity index (χ1n) is 6.48. The number of hydrogen-bond acceptors (Lipinski definition) is 4. The number of nitrogens with zero attached hydrogens (tertiary/aromatic N) is 2.